The number of aryl methyl sites for hydroxylation is 2. The lowest BCUT2D eigenvalue weighted by atomic mass is 9.99. The van der Waals surface area contributed by atoms with Crippen LogP contribution in [0.25, 0.3) is 0 Å². The third kappa shape index (κ3) is 5.44. The Morgan fingerprint density at radius 2 is 1.67 bits per heavy atom. The van der Waals surface area contributed by atoms with Crippen molar-refractivity contribution in [2.75, 3.05) is 0 Å². The van der Waals surface area contributed by atoms with Crippen molar-refractivity contribution in [3.05, 3.63) is 34.9 Å². The molecule has 1 unspecified atom stereocenters. The predicted molar refractivity (Wildman–Crippen MR) is 82.5 cm³/mol. The van der Waals surface area contributed by atoms with E-state index >= 15 is 0 Å². The Labute approximate surface area is 118 Å². The molecule has 0 aliphatic heterocycles. The zero-order valence-corrected chi connectivity index (χ0v) is 12.9. The Kier molecular flexibility index (Phi) is 7.42. The number of halogens is 1. The Balaban J connectivity index is 2.31. The minimum atomic E-state index is 0.191. The number of alkyl halides is 1. The molecule has 102 valence electrons. The first-order chi connectivity index (χ1) is 8.65. The Bertz CT molecular complexity index is 343. The van der Waals surface area contributed by atoms with Crippen molar-refractivity contribution in [2.24, 2.45) is 0 Å². The highest BCUT2D eigenvalue weighted by atomic mass is 35.5. The van der Waals surface area contributed by atoms with Crippen molar-refractivity contribution in [3.8, 4) is 0 Å². The van der Waals surface area contributed by atoms with Gasteiger partial charge in [-0.15, -0.1) is 11.6 Å². The summed E-state index contributed by atoms with van der Waals surface area (Å²) in [6, 6.07) is 6.58. The van der Waals surface area contributed by atoms with Gasteiger partial charge in [-0.25, -0.2) is 0 Å². The van der Waals surface area contributed by atoms with E-state index in [-0.39, 0.29) is 5.38 Å². The monoisotopic (exact) mass is 266 g/mol. The summed E-state index contributed by atoms with van der Waals surface area (Å²) in [7, 11) is 0. The molecule has 0 spiro atoms. The first kappa shape index (κ1) is 15.6. The van der Waals surface area contributed by atoms with Gasteiger partial charge in [-0.3, -0.25) is 0 Å². The van der Waals surface area contributed by atoms with Gasteiger partial charge in [0.1, 0.15) is 0 Å². The van der Waals surface area contributed by atoms with Crippen LogP contribution < -0.4 is 0 Å². The van der Waals surface area contributed by atoms with Crippen LogP contribution in [-0.2, 0) is 0 Å². The van der Waals surface area contributed by atoms with E-state index in [1.807, 2.05) is 0 Å². The van der Waals surface area contributed by atoms with Gasteiger partial charge in [0.25, 0.3) is 0 Å². The minimum Gasteiger partial charge on any atom is -0.118 e. The van der Waals surface area contributed by atoms with Gasteiger partial charge in [-0.1, -0.05) is 69.2 Å². The fraction of sp³-hybridized carbons (Fsp3) is 0.647. The van der Waals surface area contributed by atoms with E-state index in [2.05, 4.69) is 39.0 Å². The predicted octanol–water partition coefficient (Wildman–Crippen LogP) is 6.33. The molecule has 0 N–H and O–H groups in total. The van der Waals surface area contributed by atoms with E-state index in [0.717, 1.165) is 6.42 Å². The van der Waals surface area contributed by atoms with Crippen LogP contribution in [0.1, 0.15) is 73.9 Å². The highest BCUT2D eigenvalue weighted by molar-refractivity contribution is 6.20. The van der Waals surface area contributed by atoms with Crippen LogP contribution in [0, 0.1) is 13.8 Å². The highest BCUT2D eigenvalue weighted by Crippen LogP contribution is 2.29. The van der Waals surface area contributed by atoms with Gasteiger partial charge in [-0.05, 0) is 31.4 Å². The van der Waals surface area contributed by atoms with Gasteiger partial charge in [-0.2, -0.15) is 0 Å². The Hall–Kier alpha value is -0.490. The average molecular weight is 267 g/mol. The van der Waals surface area contributed by atoms with Gasteiger partial charge in [0, 0.05) is 0 Å². The molecular weight excluding hydrogens is 240 g/mol. The summed E-state index contributed by atoms with van der Waals surface area (Å²) in [4.78, 5) is 0. The highest BCUT2D eigenvalue weighted by Gasteiger charge is 2.10. The lowest BCUT2D eigenvalue weighted by Crippen LogP contribution is -1.95. The fourth-order valence-electron chi connectivity index (χ4n) is 2.36. The molecule has 1 aromatic rings. The van der Waals surface area contributed by atoms with Gasteiger partial charge < -0.3 is 0 Å². The number of unbranched alkanes of at least 4 members (excludes halogenated alkanes) is 5. The summed E-state index contributed by atoms with van der Waals surface area (Å²) in [5.41, 5.74) is 3.96. The summed E-state index contributed by atoms with van der Waals surface area (Å²) >= 11 is 6.52. The van der Waals surface area contributed by atoms with Crippen molar-refractivity contribution in [2.45, 2.75) is 71.1 Å². The molecule has 1 aromatic carbocycles. The molecule has 0 aromatic heterocycles. The second-order valence-electron chi connectivity index (χ2n) is 5.38. The van der Waals surface area contributed by atoms with Crippen LogP contribution in [0.5, 0.6) is 0 Å². The Morgan fingerprint density at radius 3 is 2.39 bits per heavy atom. The molecule has 0 amide bonds. The van der Waals surface area contributed by atoms with Crippen molar-refractivity contribution in [1.29, 1.82) is 0 Å². The molecule has 0 saturated carbocycles. The molecule has 0 saturated heterocycles. The standard InChI is InChI=1S/C17H27Cl/c1-4-5-6-7-8-9-10-17(18)16-13-14(2)11-12-15(16)3/h11-13,17H,4-10H2,1-3H3. The molecule has 1 atom stereocenters. The van der Waals surface area contributed by atoms with E-state index in [0.29, 0.717) is 0 Å². The maximum absolute atomic E-state index is 6.52. The first-order valence-electron chi connectivity index (χ1n) is 7.36. The summed E-state index contributed by atoms with van der Waals surface area (Å²) in [5.74, 6) is 0. The zero-order valence-electron chi connectivity index (χ0n) is 12.1. The molecule has 0 bridgehead atoms. The van der Waals surface area contributed by atoms with Crippen molar-refractivity contribution >= 4 is 11.6 Å². The van der Waals surface area contributed by atoms with Crippen molar-refractivity contribution in [3.63, 3.8) is 0 Å². The van der Waals surface area contributed by atoms with Crippen molar-refractivity contribution in [1.82, 2.24) is 0 Å². The van der Waals surface area contributed by atoms with Crippen LogP contribution >= 0.6 is 11.6 Å². The second kappa shape index (κ2) is 8.58. The SMILES string of the molecule is CCCCCCCCC(Cl)c1cc(C)ccc1C. The van der Waals surface area contributed by atoms with Crippen molar-refractivity contribution < 1.29 is 0 Å². The third-order valence-corrected chi connectivity index (χ3v) is 4.04. The second-order valence-corrected chi connectivity index (χ2v) is 5.91. The molecule has 0 heterocycles. The first-order valence-corrected chi connectivity index (χ1v) is 7.80. The normalized spacial score (nSPS) is 12.7. The lowest BCUT2D eigenvalue weighted by molar-refractivity contribution is 0.584. The smallest absolute Gasteiger partial charge is 0.0587 e. The molecule has 0 aliphatic rings. The van der Waals surface area contributed by atoms with Gasteiger partial charge in [0.2, 0.25) is 0 Å². The quantitative estimate of drug-likeness (QED) is 0.381. The third-order valence-electron chi connectivity index (χ3n) is 3.58. The fourth-order valence-corrected chi connectivity index (χ4v) is 2.75. The summed E-state index contributed by atoms with van der Waals surface area (Å²) in [6.45, 7) is 6.55. The number of benzene rings is 1. The van der Waals surface area contributed by atoms with E-state index in [1.165, 1.54) is 55.2 Å². The van der Waals surface area contributed by atoms with Crippen LogP contribution in [0.15, 0.2) is 18.2 Å². The van der Waals surface area contributed by atoms with Crippen LogP contribution in [0.4, 0.5) is 0 Å². The zero-order chi connectivity index (χ0) is 13.4. The van der Waals surface area contributed by atoms with Gasteiger partial charge >= 0.3 is 0 Å². The summed E-state index contributed by atoms with van der Waals surface area (Å²) in [6.07, 6.45) is 9.14. The largest absolute Gasteiger partial charge is 0.118 e. The lowest BCUT2D eigenvalue weighted by Gasteiger charge is -2.13. The van der Waals surface area contributed by atoms with E-state index in [1.54, 1.807) is 0 Å². The Morgan fingerprint density at radius 1 is 1.00 bits per heavy atom. The topological polar surface area (TPSA) is 0 Å². The molecule has 0 radical (unpaired) electrons. The number of rotatable bonds is 8. The molecule has 0 nitrogen and oxygen atoms in total. The molecular formula is C17H27Cl. The molecule has 0 fully saturated rings. The molecule has 18 heavy (non-hydrogen) atoms. The average Bonchev–Trinajstić information content (AvgIpc) is 2.36. The van der Waals surface area contributed by atoms with Crippen LogP contribution in [-0.4, -0.2) is 0 Å². The minimum absolute atomic E-state index is 0.191. The number of hydrogen-bond acceptors (Lipinski definition) is 0. The van der Waals surface area contributed by atoms with Crippen LogP contribution in [0.3, 0.4) is 0 Å². The van der Waals surface area contributed by atoms with Gasteiger partial charge in [0.15, 0.2) is 0 Å². The number of hydrogen-bond donors (Lipinski definition) is 0. The maximum Gasteiger partial charge on any atom is 0.0587 e. The van der Waals surface area contributed by atoms with Crippen LogP contribution in [0.2, 0.25) is 0 Å². The summed E-state index contributed by atoms with van der Waals surface area (Å²) < 4.78 is 0. The molecule has 0 aliphatic carbocycles. The van der Waals surface area contributed by atoms with Gasteiger partial charge in [0.05, 0.1) is 5.38 Å². The maximum atomic E-state index is 6.52. The summed E-state index contributed by atoms with van der Waals surface area (Å²) in [5, 5.41) is 0.191. The van der Waals surface area contributed by atoms with E-state index in [9.17, 15) is 0 Å². The molecule has 1 rings (SSSR count). The molecule has 1 heteroatoms. The van der Waals surface area contributed by atoms with E-state index in [4.69, 9.17) is 11.6 Å². The van der Waals surface area contributed by atoms with E-state index < -0.39 is 0 Å².